The molecule has 0 radical (unpaired) electrons. The van der Waals surface area contributed by atoms with Gasteiger partial charge in [-0.15, -0.1) is 11.3 Å². The number of thiazole rings is 1. The molecule has 0 aliphatic carbocycles. The number of hydrogen-bond donors (Lipinski definition) is 1. The Balaban J connectivity index is 1.58. The number of benzene rings is 2. The molecule has 0 spiro atoms. The Labute approximate surface area is 194 Å². The molecular weight excluding hydrogens is 448 g/mol. The number of amides is 4. The van der Waals surface area contributed by atoms with E-state index < -0.39 is 11.6 Å². The second kappa shape index (κ2) is 8.37. The lowest BCUT2D eigenvalue weighted by Crippen LogP contribution is -2.40. The minimum atomic E-state index is -1.19. The summed E-state index contributed by atoms with van der Waals surface area (Å²) in [4.78, 5) is 45.3. The number of nitrogens with zero attached hydrogens (tertiary/aromatic N) is 3. The summed E-state index contributed by atoms with van der Waals surface area (Å²) in [6, 6.07) is 13.9. The van der Waals surface area contributed by atoms with E-state index in [2.05, 4.69) is 10.3 Å². The second-order valence-electron chi connectivity index (χ2n) is 7.77. The first-order valence-electron chi connectivity index (χ1n) is 9.91. The van der Waals surface area contributed by atoms with Crippen LogP contribution < -0.4 is 10.2 Å². The van der Waals surface area contributed by atoms with E-state index in [1.165, 1.54) is 23.2 Å². The molecule has 2 aromatic carbocycles. The molecule has 1 saturated heterocycles. The molecule has 7 nitrogen and oxygen atoms in total. The monoisotopic (exact) mass is 468 g/mol. The van der Waals surface area contributed by atoms with Crippen molar-refractivity contribution in [1.29, 1.82) is 0 Å². The third kappa shape index (κ3) is 3.99. The fraction of sp³-hybridized carbons (Fsp3) is 0.217. The molecule has 0 saturated carbocycles. The highest BCUT2D eigenvalue weighted by Crippen LogP contribution is 2.33. The number of urea groups is 1. The van der Waals surface area contributed by atoms with E-state index in [1.54, 1.807) is 36.6 Å². The molecule has 164 valence electrons. The Morgan fingerprint density at radius 1 is 1.22 bits per heavy atom. The van der Waals surface area contributed by atoms with Crippen LogP contribution in [0.2, 0.25) is 5.02 Å². The van der Waals surface area contributed by atoms with E-state index in [0.717, 1.165) is 10.5 Å². The number of aryl methyl sites for hydroxylation is 1. The molecule has 1 aromatic heterocycles. The first-order valence-corrected chi connectivity index (χ1v) is 11.2. The van der Waals surface area contributed by atoms with Crippen LogP contribution in [0.3, 0.4) is 0 Å². The minimum Gasteiger partial charge on any atom is -0.319 e. The third-order valence-corrected chi connectivity index (χ3v) is 6.45. The lowest BCUT2D eigenvalue weighted by Gasteiger charge is -2.22. The average Bonchev–Trinajstić information content (AvgIpc) is 3.27. The van der Waals surface area contributed by atoms with Crippen molar-refractivity contribution in [3.8, 4) is 0 Å². The average molecular weight is 469 g/mol. The van der Waals surface area contributed by atoms with Gasteiger partial charge in [0.15, 0.2) is 5.13 Å². The molecule has 3 aromatic rings. The summed E-state index contributed by atoms with van der Waals surface area (Å²) < 4.78 is 0. The molecule has 1 aliphatic rings. The third-order valence-electron chi connectivity index (χ3n) is 5.32. The number of hydrogen-bond acceptors (Lipinski definition) is 5. The van der Waals surface area contributed by atoms with Crippen LogP contribution in [0.4, 0.5) is 15.6 Å². The fourth-order valence-electron chi connectivity index (χ4n) is 3.65. The number of carbonyl (C=O) groups is 3. The van der Waals surface area contributed by atoms with E-state index in [1.807, 2.05) is 31.2 Å². The lowest BCUT2D eigenvalue weighted by atomic mass is 9.92. The Kier molecular flexibility index (Phi) is 5.75. The Bertz CT molecular complexity index is 1210. The zero-order chi connectivity index (χ0) is 23.0. The highest BCUT2D eigenvalue weighted by Gasteiger charge is 2.49. The summed E-state index contributed by atoms with van der Waals surface area (Å²) in [5, 5.41) is 5.54. The quantitative estimate of drug-likeness (QED) is 0.547. The fourth-order valence-corrected chi connectivity index (χ4v) is 4.65. The Morgan fingerprint density at radius 3 is 2.59 bits per heavy atom. The zero-order valence-electron chi connectivity index (χ0n) is 17.8. The minimum absolute atomic E-state index is 0.00388. The van der Waals surface area contributed by atoms with Crippen LogP contribution in [0.1, 0.15) is 30.7 Å². The van der Waals surface area contributed by atoms with E-state index in [9.17, 15) is 14.4 Å². The topological polar surface area (TPSA) is 82.6 Å². The van der Waals surface area contributed by atoms with Crippen LogP contribution >= 0.6 is 22.9 Å². The first-order chi connectivity index (χ1) is 15.2. The van der Waals surface area contributed by atoms with E-state index in [0.29, 0.717) is 27.1 Å². The lowest BCUT2D eigenvalue weighted by molar-refractivity contribution is -0.131. The largest absolute Gasteiger partial charge is 0.325 e. The molecule has 2 heterocycles. The van der Waals surface area contributed by atoms with Gasteiger partial charge in [0.1, 0.15) is 5.54 Å². The number of aromatic nitrogens is 1. The van der Waals surface area contributed by atoms with Crippen LogP contribution in [0.25, 0.3) is 0 Å². The van der Waals surface area contributed by atoms with E-state index in [-0.39, 0.29) is 18.4 Å². The summed E-state index contributed by atoms with van der Waals surface area (Å²) in [6.45, 7) is 5.09. The molecule has 1 aliphatic heterocycles. The van der Waals surface area contributed by atoms with Crippen molar-refractivity contribution >= 4 is 51.6 Å². The number of carbonyl (C=O) groups excluding carboxylic acids is 3. The molecule has 9 heteroatoms. The van der Waals surface area contributed by atoms with Crippen molar-refractivity contribution in [3.05, 3.63) is 75.8 Å². The smallest absolute Gasteiger partial charge is 0.319 e. The predicted octanol–water partition coefficient (Wildman–Crippen LogP) is 4.76. The van der Waals surface area contributed by atoms with Gasteiger partial charge < -0.3 is 5.32 Å². The maximum absolute atomic E-state index is 13.2. The Hall–Kier alpha value is -3.23. The predicted molar refractivity (Wildman–Crippen MR) is 124 cm³/mol. The molecule has 4 rings (SSSR count). The van der Waals surface area contributed by atoms with Gasteiger partial charge in [0, 0.05) is 17.3 Å². The summed E-state index contributed by atoms with van der Waals surface area (Å²) in [6.07, 6.45) is 0. The van der Waals surface area contributed by atoms with Gasteiger partial charge in [0.2, 0.25) is 5.91 Å². The molecule has 1 N–H and O–H groups in total. The molecule has 1 fully saturated rings. The summed E-state index contributed by atoms with van der Waals surface area (Å²) in [5.41, 5.74) is 1.71. The highest BCUT2D eigenvalue weighted by molar-refractivity contribution is 7.14. The van der Waals surface area contributed by atoms with Gasteiger partial charge >= 0.3 is 6.03 Å². The number of anilines is 2. The van der Waals surface area contributed by atoms with Crippen molar-refractivity contribution in [3.63, 3.8) is 0 Å². The van der Waals surface area contributed by atoms with Crippen molar-refractivity contribution in [1.82, 2.24) is 15.2 Å². The van der Waals surface area contributed by atoms with Gasteiger partial charge in [0.05, 0.1) is 17.9 Å². The molecule has 0 bridgehead atoms. The van der Waals surface area contributed by atoms with Gasteiger partial charge in [-0.05, 0) is 49.2 Å². The maximum Gasteiger partial charge on any atom is 0.325 e. The van der Waals surface area contributed by atoms with Gasteiger partial charge in [-0.1, -0.05) is 35.9 Å². The van der Waals surface area contributed by atoms with E-state index >= 15 is 0 Å². The van der Waals surface area contributed by atoms with Crippen molar-refractivity contribution < 1.29 is 14.4 Å². The van der Waals surface area contributed by atoms with Gasteiger partial charge in [-0.3, -0.25) is 19.4 Å². The standard InChI is InChI=1S/C23H21ClN4O3S/c1-14-5-4-6-19(11-14)28(15(2)29)22-25-18(13-32-22)12-27-20(30)23(3,26-21(27)31)16-7-9-17(24)10-8-16/h4-11,13H,12H2,1-3H3,(H,26,31). The van der Waals surface area contributed by atoms with E-state index in [4.69, 9.17) is 11.6 Å². The number of halogens is 1. The van der Waals surface area contributed by atoms with Crippen molar-refractivity contribution in [2.24, 2.45) is 0 Å². The van der Waals surface area contributed by atoms with Crippen LogP contribution in [-0.4, -0.2) is 27.7 Å². The number of nitrogens with one attached hydrogen (secondary N) is 1. The summed E-state index contributed by atoms with van der Waals surface area (Å²) >= 11 is 7.23. The van der Waals surface area contributed by atoms with Crippen molar-refractivity contribution in [2.75, 3.05) is 4.90 Å². The summed E-state index contributed by atoms with van der Waals surface area (Å²) in [5.74, 6) is -0.553. The second-order valence-corrected chi connectivity index (χ2v) is 9.04. The zero-order valence-corrected chi connectivity index (χ0v) is 19.3. The van der Waals surface area contributed by atoms with Gasteiger partial charge in [-0.2, -0.15) is 0 Å². The Morgan fingerprint density at radius 2 is 1.94 bits per heavy atom. The SMILES string of the molecule is CC(=O)N(c1cccc(C)c1)c1nc(CN2C(=O)NC(C)(c3ccc(Cl)cc3)C2=O)cs1. The van der Waals surface area contributed by atoms with Gasteiger partial charge in [0.25, 0.3) is 5.91 Å². The van der Waals surface area contributed by atoms with Crippen molar-refractivity contribution in [2.45, 2.75) is 32.9 Å². The normalized spacial score (nSPS) is 18.1. The maximum atomic E-state index is 13.2. The summed E-state index contributed by atoms with van der Waals surface area (Å²) in [7, 11) is 0. The number of rotatable bonds is 5. The molecule has 4 amide bonds. The van der Waals surface area contributed by atoms with Crippen LogP contribution in [0, 0.1) is 6.92 Å². The highest BCUT2D eigenvalue weighted by atomic mass is 35.5. The molecular formula is C23H21ClN4O3S. The molecule has 1 atom stereocenters. The van der Waals surface area contributed by atoms with Crippen LogP contribution in [-0.2, 0) is 21.7 Å². The molecule has 32 heavy (non-hydrogen) atoms. The molecule has 1 unspecified atom stereocenters. The first kappa shape index (κ1) is 22.0. The van der Waals surface area contributed by atoms with Gasteiger partial charge in [-0.25, -0.2) is 9.78 Å². The number of imide groups is 1. The van der Waals surface area contributed by atoms with Crippen LogP contribution in [0.15, 0.2) is 53.9 Å². The van der Waals surface area contributed by atoms with Crippen LogP contribution in [0.5, 0.6) is 0 Å².